The van der Waals surface area contributed by atoms with Crippen molar-refractivity contribution in [3.8, 4) is 0 Å². The number of halogens is 3. The van der Waals surface area contributed by atoms with Crippen LogP contribution in [0.15, 0.2) is 0 Å². The second kappa shape index (κ2) is 4.38. The van der Waals surface area contributed by atoms with Gasteiger partial charge in [-0.1, -0.05) is 0 Å². The highest BCUT2D eigenvalue weighted by Crippen LogP contribution is 2.41. The molecule has 2 fully saturated rings. The molecule has 1 saturated carbocycles. The van der Waals surface area contributed by atoms with Crippen molar-refractivity contribution in [1.82, 2.24) is 0 Å². The molecule has 108 valence electrons. The van der Waals surface area contributed by atoms with E-state index in [0.717, 1.165) is 13.8 Å². The second-order valence-electron chi connectivity index (χ2n) is 5.55. The number of hydrogen-bond acceptors (Lipinski definition) is 4. The van der Waals surface area contributed by atoms with Crippen molar-refractivity contribution in [2.75, 3.05) is 0 Å². The van der Waals surface area contributed by atoms with Crippen LogP contribution in [0.5, 0.6) is 0 Å². The summed E-state index contributed by atoms with van der Waals surface area (Å²) in [5, 5.41) is 0. The average molecular weight is 280 g/mol. The van der Waals surface area contributed by atoms with Gasteiger partial charge in [0.1, 0.15) is 12.2 Å². The van der Waals surface area contributed by atoms with Gasteiger partial charge in [-0.25, -0.2) is 0 Å². The highest BCUT2D eigenvalue weighted by atomic mass is 19.4. The molecule has 2 rings (SSSR count). The first kappa shape index (κ1) is 14.1. The van der Waals surface area contributed by atoms with Crippen molar-refractivity contribution in [3.63, 3.8) is 0 Å². The van der Waals surface area contributed by atoms with Gasteiger partial charge in [0.2, 0.25) is 0 Å². The van der Waals surface area contributed by atoms with E-state index in [2.05, 4.69) is 0 Å². The highest BCUT2D eigenvalue weighted by molar-refractivity contribution is 5.78. The molecule has 0 spiro atoms. The molecule has 0 N–H and O–H groups in total. The Morgan fingerprint density at radius 1 is 1.32 bits per heavy atom. The molecular formula is C12H15F3O4. The lowest BCUT2D eigenvalue weighted by Gasteiger charge is -2.31. The molecule has 0 amide bonds. The summed E-state index contributed by atoms with van der Waals surface area (Å²) in [5.74, 6) is -1.87. The molecule has 2 bridgehead atoms. The van der Waals surface area contributed by atoms with Crippen molar-refractivity contribution >= 4 is 11.9 Å². The monoisotopic (exact) mass is 280 g/mol. The maximum atomic E-state index is 12.7. The largest absolute Gasteiger partial charge is 0.458 e. The van der Waals surface area contributed by atoms with E-state index in [1.807, 2.05) is 0 Å². The minimum atomic E-state index is -4.67. The Bertz CT molecular complexity index is 402. The summed E-state index contributed by atoms with van der Waals surface area (Å²) < 4.78 is 48.0. The zero-order chi connectivity index (χ0) is 14.4. The topological polar surface area (TPSA) is 52.6 Å². The zero-order valence-electron chi connectivity index (χ0n) is 10.6. The zero-order valence-corrected chi connectivity index (χ0v) is 10.6. The molecule has 19 heavy (non-hydrogen) atoms. The van der Waals surface area contributed by atoms with Crippen molar-refractivity contribution in [2.24, 2.45) is 11.3 Å². The van der Waals surface area contributed by atoms with Crippen molar-refractivity contribution < 1.29 is 32.2 Å². The summed E-state index contributed by atoms with van der Waals surface area (Å²) in [6, 6.07) is 0. The molecule has 3 atom stereocenters. The van der Waals surface area contributed by atoms with E-state index in [-0.39, 0.29) is 11.9 Å². The van der Waals surface area contributed by atoms with Crippen molar-refractivity contribution in [3.05, 3.63) is 0 Å². The van der Waals surface area contributed by atoms with Crippen molar-refractivity contribution in [2.45, 2.75) is 51.5 Å². The molecule has 1 heterocycles. The first-order valence-electron chi connectivity index (χ1n) is 6.11. The fraction of sp³-hybridized carbons (Fsp3) is 0.833. The van der Waals surface area contributed by atoms with Crippen LogP contribution in [-0.4, -0.2) is 30.3 Å². The van der Waals surface area contributed by atoms with Crippen LogP contribution in [0.25, 0.3) is 0 Å². The number of rotatable bonds is 2. The summed E-state index contributed by atoms with van der Waals surface area (Å²) in [5.41, 5.74) is -2.56. The molecule has 0 aromatic heterocycles. The molecule has 0 aromatic carbocycles. The van der Waals surface area contributed by atoms with E-state index >= 15 is 0 Å². The lowest BCUT2D eigenvalue weighted by atomic mass is 9.87. The number of alkyl halides is 3. The first-order chi connectivity index (χ1) is 8.63. The SMILES string of the molecule is CC(C)(C(=O)OC1CCC2CC1OC2=O)C(F)(F)F. The number of carbonyl (C=O) groups excluding carboxylic acids is 2. The van der Waals surface area contributed by atoms with E-state index < -0.39 is 29.8 Å². The lowest BCUT2D eigenvalue weighted by Crippen LogP contribution is -2.44. The molecule has 7 heteroatoms. The van der Waals surface area contributed by atoms with Crippen LogP contribution in [0.4, 0.5) is 13.2 Å². The predicted octanol–water partition coefficient (Wildman–Crippen LogP) is 2.21. The van der Waals surface area contributed by atoms with Crippen LogP contribution < -0.4 is 0 Å². The van der Waals surface area contributed by atoms with Crippen LogP contribution in [0.3, 0.4) is 0 Å². The molecule has 0 radical (unpaired) electrons. The number of hydrogen-bond donors (Lipinski definition) is 0. The lowest BCUT2D eigenvalue weighted by molar-refractivity contribution is -0.230. The third-order valence-corrected chi connectivity index (χ3v) is 3.81. The molecular weight excluding hydrogens is 265 g/mol. The molecule has 1 aliphatic heterocycles. The molecule has 1 saturated heterocycles. The number of esters is 2. The summed E-state index contributed by atoms with van der Waals surface area (Å²) in [4.78, 5) is 23.0. The van der Waals surface area contributed by atoms with Gasteiger partial charge in [-0.05, 0) is 26.7 Å². The van der Waals surface area contributed by atoms with Crippen LogP contribution in [0.2, 0.25) is 0 Å². The minimum absolute atomic E-state index is 0.199. The van der Waals surface area contributed by atoms with E-state index in [1.54, 1.807) is 0 Å². The van der Waals surface area contributed by atoms with Gasteiger partial charge in [-0.15, -0.1) is 0 Å². The van der Waals surface area contributed by atoms with Gasteiger partial charge in [-0.2, -0.15) is 13.2 Å². The fourth-order valence-electron chi connectivity index (χ4n) is 2.22. The standard InChI is InChI=1S/C12H15F3O4/c1-11(2,12(13,14)15)10(17)19-7-4-3-6-5-8(7)18-9(6)16/h6-8H,3-5H2,1-2H3. The van der Waals surface area contributed by atoms with E-state index in [0.29, 0.717) is 19.3 Å². The molecule has 2 aliphatic rings. The Morgan fingerprint density at radius 2 is 1.95 bits per heavy atom. The van der Waals surface area contributed by atoms with Crippen LogP contribution in [-0.2, 0) is 19.1 Å². The Balaban J connectivity index is 2.02. The normalized spacial score (nSPS) is 31.0. The quantitative estimate of drug-likeness (QED) is 0.728. The van der Waals surface area contributed by atoms with Gasteiger partial charge in [0, 0.05) is 6.42 Å². The van der Waals surface area contributed by atoms with Gasteiger partial charge in [0.25, 0.3) is 0 Å². The molecule has 1 aliphatic carbocycles. The minimum Gasteiger partial charge on any atom is -0.458 e. The highest BCUT2D eigenvalue weighted by Gasteiger charge is 2.55. The van der Waals surface area contributed by atoms with Crippen LogP contribution in [0, 0.1) is 11.3 Å². The second-order valence-corrected chi connectivity index (χ2v) is 5.55. The number of carbonyl (C=O) groups is 2. The van der Waals surface area contributed by atoms with Crippen LogP contribution >= 0.6 is 0 Å². The van der Waals surface area contributed by atoms with Gasteiger partial charge in [-0.3, -0.25) is 9.59 Å². The van der Waals surface area contributed by atoms with Gasteiger partial charge < -0.3 is 9.47 Å². The first-order valence-corrected chi connectivity index (χ1v) is 6.11. The molecule has 4 nitrogen and oxygen atoms in total. The Morgan fingerprint density at radius 3 is 2.53 bits per heavy atom. The number of fused-ring (bicyclic) bond motifs is 2. The third-order valence-electron chi connectivity index (χ3n) is 3.81. The summed E-state index contributed by atoms with van der Waals surface area (Å²) in [6.07, 6.45) is -4.77. The van der Waals surface area contributed by atoms with Crippen LogP contribution in [0.1, 0.15) is 33.1 Å². The predicted molar refractivity (Wildman–Crippen MR) is 56.9 cm³/mol. The van der Waals surface area contributed by atoms with Gasteiger partial charge >= 0.3 is 18.1 Å². The number of ether oxygens (including phenoxy) is 2. The molecule has 0 aromatic rings. The summed E-state index contributed by atoms with van der Waals surface area (Å²) in [7, 11) is 0. The van der Waals surface area contributed by atoms with Gasteiger partial charge in [0.15, 0.2) is 5.41 Å². The maximum absolute atomic E-state index is 12.7. The molecule has 3 unspecified atom stereocenters. The maximum Gasteiger partial charge on any atom is 0.404 e. The summed E-state index contributed by atoms with van der Waals surface area (Å²) in [6.45, 7) is 1.56. The van der Waals surface area contributed by atoms with E-state index in [9.17, 15) is 22.8 Å². The van der Waals surface area contributed by atoms with E-state index in [1.165, 1.54) is 0 Å². The Hall–Kier alpha value is -1.27. The van der Waals surface area contributed by atoms with Gasteiger partial charge in [0.05, 0.1) is 5.92 Å². The van der Waals surface area contributed by atoms with E-state index in [4.69, 9.17) is 9.47 Å². The summed E-state index contributed by atoms with van der Waals surface area (Å²) >= 11 is 0. The van der Waals surface area contributed by atoms with Crippen molar-refractivity contribution in [1.29, 1.82) is 0 Å². The third kappa shape index (κ3) is 2.42. The fourth-order valence-corrected chi connectivity index (χ4v) is 2.22. The Labute approximate surface area is 108 Å². The average Bonchev–Trinajstić information content (AvgIpc) is 2.58. The smallest absolute Gasteiger partial charge is 0.404 e. The Kier molecular flexibility index (Phi) is 3.26.